The molecule has 0 saturated heterocycles. The molecule has 0 aromatic heterocycles. The highest BCUT2D eigenvalue weighted by Gasteiger charge is 2.12. The minimum absolute atomic E-state index is 0.0668. The number of aliphatic hydroxyl groups is 1. The monoisotopic (exact) mass is 305 g/mol. The van der Waals surface area contributed by atoms with Gasteiger partial charge in [0.25, 0.3) is 0 Å². The summed E-state index contributed by atoms with van der Waals surface area (Å²) in [5, 5.41) is 12.9. The maximum Gasteiger partial charge on any atom is 0.0747 e. The fraction of sp³-hybridized carbons (Fsp3) is 0.200. The summed E-state index contributed by atoms with van der Waals surface area (Å²) in [6, 6.07) is 16.0. The molecule has 0 heterocycles. The highest BCUT2D eigenvalue weighted by Crippen LogP contribution is 2.23. The fourth-order valence-electron chi connectivity index (χ4n) is 1.98. The number of aliphatic hydroxyl groups excluding tert-OH is 1. The largest absolute Gasteiger partial charge is 0.394 e. The van der Waals surface area contributed by atoms with Gasteiger partial charge in [-0.05, 0) is 36.2 Å². The van der Waals surface area contributed by atoms with Crippen molar-refractivity contribution in [3.63, 3.8) is 0 Å². The van der Waals surface area contributed by atoms with E-state index in [-0.39, 0.29) is 12.6 Å². The van der Waals surface area contributed by atoms with E-state index in [4.69, 9.17) is 0 Å². The van der Waals surface area contributed by atoms with E-state index in [9.17, 15) is 5.11 Å². The molecule has 2 N–H and O–H groups in total. The van der Waals surface area contributed by atoms with Gasteiger partial charge in [-0.1, -0.05) is 46.3 Å². The van der Waals surface area contributed by atoms with E-state index in [1.165, 1.54) is 5.56 Å². The number of benzene rings is 2. The first-order chi connectivity index (χ1) is 8.70. The predicted octanol–water partition coefficient (Wildman–Crippen LogP) is 3.90. The molecule has 2 rings (SSSR count). The quantitative estimate of drug-likeness (QED) is 0.898. The molecule has 3 heteroatoms. The van der Waals surface area contributed by atoms with Crippen LogP contribution in [-0.4, -0.2) is 11.7 Å². The van der Waals surface area contributed by atoms with Crippen molar-refractivity contribution in [1.82, 2.24) is 0 Å². The van der Waals surface area contributed by atoms with E-state index < -0.39 is 0 Å². The number of halogens is 1. The lowest BCUT2D eigenvalue weighted by molar-refractivity contribution is 0.276. The minimum atomic E-state index is -0.0829. The Bertz CT molecular complexity index is 527. The standard InChI is InChI=1S/C15H16BrNO/c1-11-5-2-3-8-14(11)15(10-18)17-13-7-4-6-12(16)9-13/h2-9,15,17-18H,10H2,1H3. The summed E-state index contributed by atoms with van der Waals surface area (Å²) >= 11 is 3.44. The van der Waals surface area contributed by atoms with Gasteiger partial charge in [-0.3, -0.25) is 0 Å². The zero-order chi connectivity index (χ0) is 13.0. The Morgan fingerprint density at radius 1 is 1.17 bits per heavy atom. The van der Waals surface area contributed by atoms with Crippen LogP contribution in [0.4, 0.5) is 5.69 Å². The molecule has 0 saturated carbocycles. The molecule has 0 radical (unpaired) electrons. The molecule has 94 valence electrons. The van der Waals surface area contributed by atoms with Gasteiger partial charge in [-0.2, -0.15) is 0 Å². The van der Waals surface area contributed by atoms with Crippen molar-refractivity contribution in [2.75, 3.05) is 11.9 Å². The van der Waals surface area contributed by atoms with E-state index in [0.29, 0.717) is 0 Å². The van der Waals surface area contributed by atoms with Crippen molar-refractivity contribution < 1.29 is 5.11 Å². The Kier molecular flexibility index (Phi) is 4.39. The Hall–Kier alpha value is -1.32. The van der Waals surface area contributed by atoms with Gasteiger partial charge in [0.1, 0.15) is 0 Å². The normalized spacial score (nSPS) is 12.2. The van der Waals surface area contributed by atoms with Crippen LogP contribution in [0.1, 0.15) is 17.2 Å². The maximum absolute atomic E-state index is 9.56. The van der Waals surface area contributed by atoms with Gasteiger partial charge < -0.3 is 10.4 Å². The maximum atomic E-state index is 9.56. The van der Waals surface area contributed by atoms with Crippen LogP contribution in [0.5, 0.6) is 0 Å². The Balaban J connectivity index is 2.23. The Morgan fingerprint density at radius 2 is 1.94 bits per heavy atom. The lowest BCUT2D eigenvalue weighted by Crippen LogP contribution is -2.15. The van der Waals surface area contributed by atoms with Crippen LogP contribution in [0, 0.1) is 6.92 Å². The molecule has 18 heavy (non-hydrogen) atoms. The summed E-state index contributed by atoms with van der Waals surface area (Å²) in [6.07, 6.45) is 0. The summed E-state index contributed by atoms with van der Waals surface area (Å²) in [5.74, 6) is 0. The summed E-state index contributed by atoms with van der Waals surface area (Å²) in [7, 11) is 0. The number of nitrogens with one attached hydrogen (secondary N) is 1. The van der Waals surface area contributed by atoms with Crippen LogP contribution in [0.15, 0.2) is 53.0 Å². The highest BCUT2D eigenvalue weighted by atomic mass is 79.9. The molecule has 2 nitrogen and oxygen atoms in total. The minimum Gasteiger partial charge on any atom is -0.394 e. The third-order valence-electron chi connectivity index (χ3n) is 2.91. The van der Waals surface area contributed by atoms with E-state index in [0.717, 1.165) is 15.7 Å². The summed E-state index contributed by atoms with van der Waals surface area (Å²) in [6.45, 7) is 2.12. The number of hydrogen-bond acceptors (Lipinski definition) is 2. The van der Waals surface area contributed by atoms with Gasteiger partial charge in [0.2, 0.25) is 0 Å². The fourth-order valence-corrected chi connectivity index (χ4v) is 2.38. The molecule has 0 aliphatic carbocycles. The van der Waals surface area contributed by atoms with Gasteiger partial charge in [0.15, 0.2) is 0 Å². The third-order valence-corrected chi connectivity index (χ3v) is 3.41. The Morgan fingerprint density at radius 3 is 2.61 bits per heavy atom. The van der Waals surface area contributed by atoms with Crippen molar-refractivity contribution in [1.29, 1.82) is 0 Å². The molecule has 2 aromatic rings. The zero-order valence-corrected chi connectivity index (χ0v) is 11.8. The lowest BCUT2D eigenvalue weighted by Gasteiger charge is -2.20. The van der Waals surface area contributed by atoms with Crippen LogP contribution >= 0.6 is 15.9 Å². The summed E-state index contributed by atoms with van der Waals surface area (Å²) in [5.41, 5.74) is 3.30. The number of hydrogen-bond donors (Lipinski definition) is 2. The molecule has 0 aliphatic heterocycles. The first kappa shape index (κ1) is 13.1. The summed E-state index contributed by atoms with van der Waals surface area (Å²) in [4.78, 5) is 0. The second-order valence-electron chi connectivity index (χ2n) is 4.25. The first-order valence-electron chi connectivity index (χ1n) is 5.89. The predicted molar refractivity (Wildman–Crippen MR) is 78.8 cm³/mol. The average molecular weight is 306 g/mol. The molecule has 0 bridgehead atoms. The molecule has 1 unspecified atom stereocenters. The zero-order valence-electron chi connectivity index (χ0n) is 10.2. The molecule has 1 atom stereocenters. The number of aryl methyl sites for hydroxylation is 1. The Labute approximate surface area is 116 Å². The van der Waals surface area contributed by atoms with Gasteiger partial charge in [-0.25, -0.2) is 0 Å². The molecule has 0 fully saturated rings. The van der Waals surface area contributed by atoms with Crippen LogP contribution in [0.2, 0.25) is 0 Å². The lowest BCUT2D eigenvalue weighted by atomic mass is 10.0. The van der Waals surface area contributed by atoms with Crippen molar-refractivity contribution in [2.45, 2.75) is 13.0 Å². The van der Waals surface area contributed by atoms with Crippen LogP contribution in [-0.2, 0) is 0 Å². The summed E-state index contributed by atoms with van der Waals surface area (Å²) < 4.78 is 1.02. The van der Waals surface area contributed by atoms with Gasteiger partial charge in [0, 0.05) is 10.2 Å². The van der Waals surface area contributed by atoms with Crippen LogP contribution < -0.4 is 5.32 Å². The van der Waals surface area contributed by atoms with Crippen LogP contribution in [0.3, 0.4) is 0 Å². The smallest absolute Gasteiger partial charge is 0.0747 e. The van der Waals surface area contributed by atoms with E-state index in [2.05, 4.69) is 34.2 Å². The van der Waals surface area contributed by atoms with Crippen LogP contribution in [0.25, 0.3) is 0 Å². The van der Waals surface area contributed by atoms with Crippen molar-refractivity contribution in [2.24, 2.45) is 0 Å². The molecule has 2 aromatic carbocycles. The van der Waals surface area contributed by atoms with Gasteiger partial charge >= 0.3 is 0 Å². The first-order valence-corrected chi connectivity index (χ1v) is 6.68. The second-order valence-corrected chi connectivity index (χ2v) is 5.16. The van der Waals surface area contributed by atoms with Crippen molar-refractivity contribution in [3.8, 4) is 0 Å². The molecular weight excluding hydrogens is 290 g/mol. The van der Waals surface area contributed by atoms with Crippen molar-refractivity contribution >= 4 is 21.6 Å². The number of anilines is 1. The molecular formula is C15H16BrNO. The molecule has 0 amide bonds. The topological polar surface area (TPSA) is 32.3 Å². The van der Waals surface area contributed by atoms with Gasteiger partial charge in [-0.15, -0.1) is 0 Å². The number of rotatable bonds is 4. The highest BCUT2D eigenvalue weighted by molar-refractivity contribution is 9.10. The third kappa shape index (κ3) is 3.12. The second kappa shape index (κ2) is 6.03. The van der Waals surface area contributed by atoms with Gasteiger partial charge in [0.05, 0.1) is 12.6 Å². The van der Waals surface area contributed by atoms with E-state index in [1.807, 2.05) is 42.5 Å². The van der Waals surface area contributed by atoms with E-state index in [1.54, 1.807) is 0 Å². The average Bonchev–Trinajstić information content (AvgIpc) is 2.37. The molecule has 0 aliphatic rings. The SMILES string of the molecule is Cc1ccccc1C(CO)Nc1cccc(Br)c1. The molecule has 0 spiro atoms. The van der Waals surface area contributed by atoms with E-state index >= 15 is 0 Å². The van der Waals surface area contributed by atoms with Crippen molar-refractivity contribution in [3.05, 3.63) is 64.1 Å².